The Balaban J connectivity index is 1.87. The topological polar surface area (TPSA) is 33.2 Å². The van der Waals surface area contributed by atoms with Crippen LogP contribution < -0.4 is 0 Å². The van der Waals surface area contributed by atoms with Gasteiger partial charge in [-0.3, -0.25) is 9.78 Å². The lowest BCUT2D eigenvalue weighted by Crippen LogP contribution is -2.46. The van der Waals surface area contributed by atoms with E-state index in [0.717, 1.165) is 37.1 Å². The maximum absolute atomic E-state index is 13.4. The third kappa shape index (κ3) is 3.84. The highest BCUT2D eigenvalue weighted by Crippen LogP contribution is 2.28. The lowest BCUT2D eigenvalue weighted by atomic mass is 9.90. The van der Waals surface area contributed by atoms with Crippen molar-refractivity contribution < 1.29 is 4.79 Å². The van der Waals surface area contributed by atoms with Crippen LogP contribution in [0.1, 0.15) is 49.8 Å². The molecule has 2 aromatic rings. The zero-order valence-corrected chi connectivity index (χ0v) is 14.4. The first-order valence-corrected chi connectivity index (χ1v) is 9.05. The van der Waals surface area contributed by atoms with E-state index in [4.69, 9.17) is 0 Å². The lowest BCUT2D eigenvalue weighted by Gasteiger charge is -2.37. The van der Waals surface area contributed by atoms with E-state index in [0.29, 0.717) is 12.5 Å². The molecule has 2 atom stereocenters. The van der Waals surface area contributed by atoms with Crippen LogP contribution in [0.3, 0.4) is 0 Å². The molecule has 126 valence electrons. The van der Waals surface area contributed by atoms with Crippen LogP contribution in [0, 0.1) is 0 Å². The molecule has 0 N–H and O–H groups in total. The van der Waals surface area contributed by atoms with Gasteiger partial charge in [0.05, 0.1) is 5.92 Å². The number of piperidine rings is 1. The van der Waals surface area contributed by atoms with Crippen LogP contribution in [0.15, 0.2) is 54.7 Å². The predicted octanol–water partition coefficient (Wildman–Crippen LogP) is 4.20. The molecule has 1 aliphatic rings. The monoisotopic (exact) mass is 322 g/mol. The van der Waals surface area contributed by atoms with Crippen molar-refractivity contribution in [2.45, 2.75) is 51.0 Å². The van der Waals surface area contributed by atoms with E-state index in [1.54, 1.807) is 6.20 Å². The summed E-state index contributed by atoms with van der Waals surface area (Å²) in [5, 5.41) is 0. The Kier molecular flexibility index (Phi) is 5.63. The Hall–Kier alpha value is -2.16. The second kappa shape index (κ2) is 8.09. The highest BCUT2D eigenvalue weighted by Gasteiger charge is 2.31. The number of carbonyl (C=O) groups excluding carboxylic acids is 1. The van der Waals surface area contributed by atoms with Crippen LogP contribution in [0.4, 0.5) is 0 Å². The fraction of sp³-hybridized carbons (Fsp3) is 0.429. The number of likely N-dealkylation sites (tertiary alicyclic amines) is 1. The molecule has 24 heavy (non-hydrogen) atoms. The van der Waals surface area contributed by atoms with Crippen molar-refractivity contribution in [3.63, 3.8) is 0 Å². The molecule has 1 fully saturated rings. The van der Waals surface area contributed by atoms with E-state index in [1.807, 2.05) is 36.4 Å². The van der Waals surface area contributed by atoms with Gasteiger partial charge < -0.3 is 4.90 Å². The molecular weight excluding hydrogens is 296 g/mol. The van der Waals surface area contributed by atoms with Crippen molar-refractivity contribution in [1.82, 2.24) is 9.88 Å². The van der Waals surface area contributed by atoms with Gasteiger partial charge in [0.25, 0.3) is 0 Å². The Morgan fingerprint density at radius 3 is 2.67 bits per heavy atom. The van der Waals surface area contributed by atoms with Crippen LogP contribution in [0.2, 0.25) is 0 Å². The highest BCUT2D eigenvalue weighted by molar-refractivity contribution is 5.84. The summed E-state index contributed by atoms with van der Waals surface area (Å²) in [7, 11) is 0. The van der Waals surface area contributed by atoms with Gasteiger partial charge in [-0.1, -0.05) is 43.3 Å². The fourth-order valence-electron chi connectivity index (χ4n) is 3.68. The quantitative estimate of drug-likeness (QED) is 0.826. The van der Waals surface area contributed by atoms with E-state index in [-0.39, 0.29) is 11.8 Å². The molecule has 3 nitrogen and oxygen atoms in total. The maximum Gasteiger partial charge on any atom is 0.230 e. The van der Waals surface area contributed by atoms with Crippen molar-refractivity contribution in [2.75, 3.05) is 6.54 Å². The largest absolute Gasteiger partial charge is 0.339 e. The molecule has 0 aliphatic carbocycles. The zero-order chi connectivity index (χ0) is 16.8. The van der Waals surface area contributed by atoms with E-state index in [9.17, 15) is 4.79 Å². The summed E-state index contributed by atoms with van der Waals surface area (Å²) in [4.78, 5) is 19.9. The Morgan fingerprint density at radius 2 is 1.96 bits per heavy atom. The van der Waals surface area contributed by atoms with Crippen molar-refractivity contribution in [3.8, 4) is 0 Å². The number of rotatable bonds is 5. The number of benzene rings is 1. The minimum Gasteiger partial charge on any atom is -0.339 e. The van der Waals surface area contributed by atoms with Gasteiger partial charge in [0.2, 0.25) is 5.91 Å². The van der Waals surface area contributed by atoms with Crippen LogP contribution >= 0.6 is 0 Å². The molecule has 0 bridgehead atoms. The van der Waals surface area contributed by atoms with Gasteiger partial charge in [0, 0.05) is 30.9 Å². The minimum absolute atomic E-state index is 0.145. The van der Waals surface area contributed by atoms with Crippen LogP contribution in [0.25, 0.3) is 0 Å². The second-order valence-corrected chi connectivity index (χ2v) is 6.58. The molecular formula is C21H26N2O. The molecule has 0 saturated carbocycles. The molecule has 0 radical (unpaired) electrons. The SMILES string of the molecule is CCC1CCCCN1C(=O)C(Cc1ccccn1)c1ccccc1. The van der Waals surface area contributed by atoms with Gasteiger partial charge in [-0.05, 0) is 43.4 Å². The van der Waals surface area contributed by atoms with Crippen molar-refractivity contribution in [3.05, 3.63) is 66.0 Å². The van der Waals surface area contributed by atoms with Gasteiger partial charge in [-0.25, -0.2) is 0 Å². The fourth-order valence-corrected chi connectivity index (χ4v) is 3.68. The van der Waals surface area contributed by atoms with E-state index in [2.05, 4.69) is 28.9 Å². The number of hydrogen-bond acceptors (Lipinski definition) is 2. The number of aromatic nitrogens is 1. The summed E-state index contributed by atoms with van der Waals surface area (Å²) >= 11 is 0. The van der Waals surface area contributed by atoms with Gasteiger partial charge in [-0.15, -0.1) is 0 Å². The Bertz CT molecular complexity index is 641. The molecule has 3 heteroatoms. The van der Waals surface area contributed by atoms with Crippen LogP contribution in [-0.4, -0.2) is 28.4 Å². The number of amides is 1. The number of nitrogens with zero attached hydrogens (tertiary/aromatic N) is 2. The Morgan fingerprint density at radius 1 is 1.17 bits per heavy atom. The van der Waals surface area contributed by atoms with Crippen molar-refractivity contribution >= 4 is 5.91 Å². The zero-order valence-electron chi connectivity index (χ0n) is 14.4. The molecule has 2 heterocycles. The van der Waals surface area contributed by atoms with Crippen LogP contribution in [-0.2, 0) is 11.2 Å². The molecule has 3 rings (SSSR count). The summed E-state index contributed by atoms with van der Waals surface area (Å²) in [5.41, 5.74) is 2.07. The second-order valence-electron chi connectivity index (χ2n) is 6.58. The summed E-state index contributed by atoms with van der Waals surface area (Å²) in [6, 6.07) is 16.5. The average Bonchev–Trinajstić information content (AvgIpc) is 2.67. The first-order valence-electron chi connectivity index (χ1n) is 9.05. The first-order chi connectivity index (χ1) is 11.8. The van der Waals surface area contributed by atoms with E-state index >= 15 is 0 Å². The predicted molar refractivity (Wildman–Crippen MR) is 96.8 cm³/mol. The summed E-state index contributed by atoms with van der Waals surface area (Å²) < 4.78 is 0. The average molecular weight is 322 g/mol. The van der Waals surface area contributed by atoms with Crippen LogP contribution in [0.5, 0.6) is 0 Å². The third-order valence-electron chi connectivity index (χ3n) is 5.02. The number of pyridine rings is 1. The molecule has 0 spiro atoms. The maximum atomic E-state index is 13.4. The summed E-state index contributed by atoms with van der Waals surface area (Å²) in [6.07, 6.45) is 6.99. The standard InChI is InChI=1S/C21H26N2O/c1-2-19-13-7-9-15-23(19)21(24)20(17-10-4-3-5-11-17)16-18-12-6-8-14-22-18/h3-6,8,10-12,14,19-20H,2,7,9,13,15-16H2,1H3. The summed E-state index contributed by atoms with van der Waals surface area (Å²) in [6.45, 7) is 3.08. The molecule has 1 amide bonds. The Labute approximate surface area is 144 Å². The van der Waals surface area contributed by atoms with Gasteiger partial charge >= 0.3 is 0 Å². The molecule has 2 unspecified atom stereocenters. The number of hydrogen-bond donors (Lipinski definition) is 0. The normalized spacial score (nSPS) is 19.0. The van der Waals surface area contributed by atoms with Gasteiger partial charge in [0.1, 0.15) is 0 Å². The first kappa shape index (κ1) is 16.7. The van der Waals surface area contributed by atoms with Gasteiger partial charge in [0.15, 0.2) is 0 Å². The summed E-state index contributed by atoms with van der Waals surface area (Å²) in [5.74, 6) is 0.117. The van der Waals surface area contributed by atoms with Gasteiger partial charge in [-0.2, -0.15) is 0 Å². The minimum atomic E-state index is -0.145. The van der Waals surface area contributed by atoms with E-state index < -0.39 is 0 Å². The molecule has 1 aromatic carbocycles. The van der Waals surface area contributed by atoms with Crippen molar-refractivity contribution in [2.24, 2.45) is 0 Å². The van der Waals surface area contributed by atoms with E-state index in [1.165, 1.54) is 6.42 Å². The van der Waals surface area contributed by atoms with Crippen molar-refractivity contribution in [1.29, 1.82) is 0 Å². The lowest BCUT2D eigenvalue weighted by molar-refractivity contribution is -0.136. The number of carbonyl (C=O) groups is 1. The third-order valence-corrected chi connectivity index (χ3v) is 5.02. The molecule has 1 aliphatic heterocycles. The smallest absolute Gasteiger partial charge is 0.230 e. The molecule has 1 aromatic heterocycles. The highest BCUT2D eigenvalue weighted by atomic mass is 16.2. The molecule has 1 saturated heterocycles.